The van der Waals surface area contributed by atoms with Crippen molar-refractivity contribution in [1.29, 1.82) is 0 Å². The van der Waals surface area contributed by atoms with Crippen LogP contribution < -0.4 is 4.74 Å². The van der Waals surface area contributed by atoms with Crippen LogP contribution in [0.25, 0.3) is 0 Å². The smallest absolute Gasteiger partial charge is 0.344 e. The second kappa shape index (κ2) is 9.84. The summed E-state index contributed by atoms with van der Waals surface area (Å²) in [5.41, 5.74) is 1.79. The van der Waals surface area contributed by atoms with Gasteiger partial charge in [0.15, 0.2) is 0 Å². The first-order valence-electron chi connectivity index (χ1n) is 11.0. The van der Waals surface area contributed by atoms with E-state index in [2.05, 4.69) is 11.7 Å². The summed E-state index contributed by atoms with van der Waals surface area (Å²) in [5, 5.41) is 0. The Hall–Kier alpha value is -1.45. The van der Waals surface area contributed by atoms with Crippen LogP contribution in [0.3, 0.4) is 0 Å². The van der Waals surface area contributed by atoms with E-state index in [9.17, 15) is 13.2 Å². The summed E-state index contributed by atoms with van der Waals surface area (Å²) in [6.45, 7) is 2.30. The van der Waals surface area contributed by atoms with E-state index in [0.717, 1.165) is 5.92 Å². The summed E-state index contributed by atoms with van der Waals surface area (Å²) in [6, 6.07) is 5.16. The fourth-order valence-electron chi connectivity index (χ4n) is 5.64. The maximum atomic E-state index is 12.9. The molecule has 2 saturated carbocycles. The van der Waals surface area contributed by atoms with Gasteiger partial charge in [0, 0.05) is 0 Å². The van der Waals surface area contributed by atoms with E-state index in [0.29, 0.717) is 11.3 Å². The van der Waals surface area contributed by atoms with Crippen molar-refractivity contribution in [3.05, 3.63) is 41.9 Å². The molecule has 0 spiro atoms. The molecule has 1 aromatic carbocycles. The molecule has 0 amide bonds. The van der Waals surface area contributed by atoms with Crippen molar-refractivity contribution in [2.75, 3.05) is 0 Å². The number of halogens is 3. The Kier molecular flexibility index (Phi) is 7.48. The molecule has 2 aliphatic rings. The highest BCUT2D eigenvalue weighted by atomic mass is 19.3. The third-order valence-electron chi connectivity index (χ3n) is 7.18. The van der Waals surface area contributed by atoms with Gasteiger partial charge in [0.2, 0.25) is 0 Å². The molecular formula is C24H33F3O. The fraction of sp³-hybridized carbons (Fsp3) is 0.667. The third kappa shape index (κ3) is 5.12. The Balaban J connectivity index is 1.59. The molecule has 3 rings (SSSR count). The standard InChI is InChI=1S/C24H33F3O/c1-2-3-15-24(16-5-4-6-17-24)20-11-7-18(8-12-20)19-9-13-21(14-10-19)28-23(27)22(25)26/h9-10,13-14,18,20H,2-8,11-12,15-17H2,1H3. The van der Waals surface area contributed by atoms with Gasteiger partial charge in [-0.25, -0.2) is 0 Å². The number of hydrogen-bond donors (Lipinski definition) is 0. The fourth-order valence-corrected chi connectivity index (χ4v) is 5.64. The minimum absolute atomic E-state index is 0.114. The maximum Gasteiger partial charge on any atom is 0.344 e. The minimum atomic E-state index is -2.43. The van der Waals surface area contributed by atoms with Crippen molar-refractivity contribution >= 4 is 0 Å². The van der Waals surface area contributed by atoms with Crippen LogP contribution in [-0.4, -0.2) is 0 Å². The highest BCUT2D eigenvalue weighted by Gasteiger charge is 2.40. The van der Waals surface area contributed by atoms with Crippen LogP contribution >= 0.6 is 0 Å². The molecule has 2 fully saturated rings. The largest absolute Gasteiger partial charge is 0.428 e. The van der Waals surface area contributed by atoms with Crippen LogP contribution in [0.2, 0.25) is 0 Å². The molecule has 2 aliphatic carbocycles. The number of rotatable bonds is 7. The number of unbranched alkanes of at least 4 members (excludes halogenated alkanes) is 1. The van der Waals surface area contributed by atoms with E-state index in [1.165, 1.54) is 82.6 Å². The first-order valence-corrected chi connectivity index (χ1v) is 11.0. The zero-order chi connectivity index (χ0) is 20.0. The summed E-state index contributed by atoms with van der Waals surface area (Å²) >= 11 is 0. The van der Waals surface area contributed by atoms with Gasteiger partial charge in [-0.15, -0.1) is 0 Å². The highest BCUT2D eigenvalue weighted by molar-refractivity contribution is 5.30. The monoisotopic (exact) mass is 394 g/mol. The van der Waals surface area contributed by atoms with Gasteiger partial charge >= 0.3 is 12.1 Å². The molecule has 0 saturated heterocycles. The van der Waals surface area contributed by atoms with Crippen LogP contribution in [0.1, 0.15) is 95.5 Å². The average Bonchev–Trinajstić information content (AvgIpc) is 2.73. The van der Waals surface area contributed by atoms with E-state index in [1.807, 2.05) is 12.1 Å². The summed E-state index contributed by atoms with van der Waals surface area (Å²) in [4.78, 5) is 0. The molecule has 0 N–H and O–H groups in total. The lowest BCUT2D eigenvalue weighted by Gasteiger charge is -2.47. The zero-order valence-corrected chi connectivity index (χ0v) is 17.0. The molecule has 28 heavy (non-hydrogen) atoms. The van der Waals surface area contributed by atoms with Gasteiger partial charge in [0.05, 0.1) is 0 Å². The van der Waals surface area contributed by atoms with E-state index in [1.54, 1.807) is 12.1 Å². The number of ether oxygens (including phenoxy) is 1. The van der Waals surface area contributed by atoms with Crippen molar-refractivity contribution < 1.29 is 17.9 Å². The van der Waals surface area contributed by atoms with Gasteiger partial charge in [0.25, 0.3) is 0 Å². The lowest BCUT2D eigenvalue weighted by molar-refractivity contribution is 0.0511. The maximum absolute atomic E-state index is 12.9. The Morgan fingerprint density at radius 1 is 0.964 bits per heavy atom. The summed E-state index contributed by atoms with van der Waals surface area (Å²) in [7, 11) is 0. The van der Waals surface area contributed by atoms with Gasteiger partial charge in [-0.1, -0.05) is 51.2 Å². The molecule has 0 aromatic heterocycles. The normalized spacial score (nSPS) is 24.6. The first-order chi connectivity index (χ1) is 13.5. The lowest BCUT2D eigenvalue weighted by Crippen LogP contribution is -2.35. The van der Waals surface area contributed by atoms with Crippen LogP contribution in [-0.2, 0) is 0 Å². The van der Waals surface area contributed by atoms with E-state index < -0.39 is 12.1 Å². The molecule has 0 radical (unpaired) electrons. The van der Waals surface area contributed by atoms with Gasteiger partial charge in [-0.3, -0.25) is 0 Å². The summed E-state index contributed by atoms with van der Waals surface area (Å²) in [5.74, 6) is 1.48. The zero-order valence-electron chi connectivity index (χ0n) is 17.0. The minimum Gasteiger partial charge on any atom is -0.428 e. The van der Waals surface area contributed by atoms with Crippen molar-refractivity contribution in [3.63, 3.8) is 0 Å². The lowest BCUT2D eigenvalue weighted by atomic mass is 9.58. The van der Waals surface area contributed by atoms with Gasteiger partial charge < -0.3 is 4.74 Å². The molecule has 1 nitrogen and oxygen atoms in total. The van der Waals surface area contributed by atoms with E-state index in [4.69, 9.17) is 0 Å². The van der Waals surface area contributed by atoms with Gasteiger partial charge in [-0.2, -0.15) is 13.2 Å². The summed E-state index contributed by atoms with van der Waals surface area (Å²) < 4.78 is 41.8. The molecule has 0 heterocycles. The number of benzene rings is 1. The van der Waals surface area contributed by atoms with Crippen molar-refractivity contribution in [1.82, 2.24) is 0 Å². The predicted molar refractivity (Wildman–Crippen MR) is 107 cm³/mol. The van der Waals surface area contributed by atoms with Crippen LogP contribution in [0.5, 0.6) is 5.75 Å². The van der Waals surface area contributed by atoms with Crippen LogP contribution in [0.15, 0.2) is 36.4 Å². The Morgan fingerprint density at radius 2 is 1.61 bits per heavy atom. The quantitative estimate of drug-likeness (QED) is 0.421. The topological polar surface area (TPSA) is 9.23 Å². The van der Waals surface area contributed by atoms with Crippen molar-refractivity contribution in [2.45, 2.75) is 89.9 Å². The molecular weight excluding hydrogens is 361 g/mol. The average molecular weight is 395 g/mol. The molecule has 0 bridgehead atoms. The van der Waals surface area contributed by atoms with E-state index in [-0.39, 0.29) is 5.75 Å². The molecule has 0 atom stereocenters. The van der Waals surface area contributed by atoms with Gasteiger partial charge in [-0.05, 0) is 79.9 Å². The van der Waals surface area contributed by atoms with Gasteiger partial charge in [0.1, 0.15) is 5.75 Å². The third-order valence-corrected chi connectivity index (χ3v) is 7.18. The second-order valence-corrected chi connectivity index (χ2v) is 8.78. The Morgan fingerprint density at radius 3 is 2.18 bits per heavy atom. The van der Waals surface area contributed by atoms with Crippen LogP contribution in [0, 0.1) is 11.3 Å². The Labute approximate surface area is 167 Å². The second-order valence-electron chi connectivity index (χ2n) is 8.78. The molecule has 0 aliphatic heterocycles. The van der Waals surface area contributed by atoms with Crippen molar-refractivity contribution in [3.8, 4) is 5.75 Å². The first kappa shape index (κ1) is 21.3. The predicted octanol–water partition coefficient (Wildman–Crippen LogP) is 8.52. The number of hydrogen-bond acceptors (Lipinski definition) is 1. The summed E-state index contributed by atoms with van der Waals surface area (Å²) in [6.07, 6.45) is 13.6. The molecule has 1 aromatic rings. The van der Waals surface area contributed by atoms with Crippen LogP contribution in [0.4, 0.5) is 13.2 Å². The molecule has 0 unspecified atom stereocenters. The Bertz CT molecular complexity index is 634. The molecule has 156 valence electrons. The highest BCUT2D eigenvalue weighted by Crippen LogP contribution is 2.53. The van der Waals surface area contributed by atoms with Crippen molar-refractivity contribution in [2.24, 2.45) is 11.3 Å². The van der Waals surface area contributed by atoms with E-state index >= 15 is 0 Å². The SMILES string of the molecule is CCCCC1(C2CCC(c3ccc(OC(F)=C(F)F)cc3)CC2)CCCCC1. The molecule has 4 heteroatoms.